The number of alkyl halides is 3. The van der Waals surface area contributed by atoms with E-state index in [0.717, 1.165) is 0 Å². The van der Waals surface area contributed by atoms with Crippen LogP contribution in [0.25, 0.3) is 27.8 Å². The van der Waals surface area contributed by atoms with E-state index in [2.05, 4.69) is 20.3 Å². The molecular weight excluding hydrogens is 371 g/mol. The fraction of sp³-hybridized carbons (Fsp3) is 0.211. The molecule has 0 saturated carbocycles. The largest absolute Gasteiger partial charge is 0.451 e. The van der Waals surface area contributed by atoms with Gasteiger partial charge in [-0.25, -0.2) is 15.0 Å². The van der Waals surface area contributed by atoms with Gasteiger partial charge in [-0.2, -0.15) is 13.2 Å². The van der Waals surface area contributed by atoms with E-state index in [1.165, 1.54) is 10.6 Å². The van der Waals surface area contributed by atoms with Gasteiger partial charge < -0.3 is 10.4 Å². The van der Waals surface area contributed by atoms with Crippen LogP contribution in [-0.4, -0.2) is 37.3 Å². The van der Waals surface area contributed by atoms with Gasteiger partial charge in [0.05, 0.1) is 22.7 Å². The highest BCUT2D eigenvalue weighted by Crippen LogP contribution is 2.32. The van der Waals surface area contributed by atoms with Gasteiger partial charge in [0, 0.05) is 11.9 Å². The number of anilines is 1. The molecule has 0 fully saturated rings. The lowest BCUT2D eigenvalue weighted by Gasteiger charge is -2.15. The van der Waals surface area contributed by atoms with Crippen LogP contribution < -0.4 is 5.32 Å². The minimum Gasteiger partial charge on any atom is -0.392 e. The van der Waals surface area contributed by atoms with Crippen LogP contribution in [-0.2, 0) is 6.18 Å². The van der Waals surface area contributed by atoms with Gasteiger partial charge >= 0.3 is 6.18 Å². The molecule has 2 heterocycles. The number of nitrogens with zero attached hydrogens (tertiary/aromatic N) is 4. The summed E-state index contributed by atoms with van der Waals surface area (Å²) in [6, 6.07) is 13.6. The molecule has 0 amide bonds. The Bertz CT molecular complexity index is 1150. The topological polar surface area (TPSA) is 75.9 Å². The average molecular weight is 387 g/mol. The molecule has 144 valence electrons. The molecule has 28 heavy (non-hydrogen) atoms. The van der Waals surface area contributed by atoms with Crippen molar-refractivity contribution < 1.29 is 18.3 Å². The SMILES string of the molecule is C[C@@H](O)CNc1nc2ccccc2n1-c1nc(C(F)(F)F)nc2ccccc12. The molecule has 2 aromatic heterocycles. The summed E-state index contributed by atoms with van der Waals surface area (Å²) in [4.78, 5) is 12.0. The lowest BCUT2D eigenvalue weighted by molar-refractivity contribution is -0.144. The first-order valence-electron chi connectivity index (χ1n) is 8.58. The van der Waals surface area contributed by atoms with E-state index in [0.29, 0.717) is 22.4 Å². The fourth-order valence-electron chi connectivity index (χ4n) is 2.96. The van der Waals surface area contributed by atoms with Crippen molar-refractivity contribution in [3.63, 3.8) is 0 Å². The van der Waals surface area contributed by atoms with Crippen LogP contribution in [0.4, 0.5) is 19.1 Å². The number of halogens is 3. The molecule has 0 spiro atoms. The van der Waals surface area contributed by atoms with Crippen LogP contribution in [0.1, 0.15) is 12.7 Å². The molecule has 1 atom stereocenters. The number of aromatic nitrogens is 4. The van der Waals surface area contributed by atoms with E-state index in [9.17, 15) is 18.3 Å². The summed E-state index contributed by atoms with van der Waals surface area (Å²) in [6.07, 6.45) is -5.36. The van der Waals surface area contributed by atoms with Crippen molar-refractivity contribution in [2.24, 2.45) is 0 Å². The molecule has 0 aliphatic heterocycles. The maximum absolute atomic E-state index is 13.4. The van der Waals surface area contributed by atoms with Crippen LogP contribution in [0.3, 0.4) is 0 Å². The number of nitrogens with one attached hydrogen (secondary N) is 1. The quantitative estimate of drug-likeness (QED) is 0.557. The van der Waals surface area contributed by atoms with Crippen LogP contribution in [0.15, 0.2) is 48.5 Å². The maximum Gasteiger partial charge on any atom is 0.451 e. The molecule has 0 bridgehead atoms. The standard InChI is InChI=1S/C19H16F3N5O/c1-11(28)10-23-18-25-14-8-4-5-9-15(14)27(18)16-12-6-2-3-7-13(12)24-17(26-16)19(20,21)22/h2-9,11,28H,10H2,1H3,(H,23,25)/t11-/m1/s1. The molecule has 9 heteroatoms. The number of benzene rings is 2. The fourth-order valence-corrected chi connectivity index (χ4v) is 2.96. The van der Waals surface area contributed by atoms with Crippen molar-refractivity contribution >= 4 is 27.9 Å². The Hall–Kier alpha value is -3.20. The third kappa shape index (κ3) is 3.24. The minimum absolute atomic E-state index is 0.0692. The summed E-state index contributed by atoms with van der Waals surface area (Å²) in [5.74, 6) is -0.862. The summed E-state index contributed by atoms with van der Waals surface area (Å²) in [7, 11) is 0. The Morgan fingerprint density at radius 2 is 1.68 bits per heavy atom. The number of fused-ring (bicyclic) bond motifs is 2. The third-order valence-electron chi connectivity index (χ3n) is 4.16. The second kappa shape index (κ2) is 6.75. The van der Waals surface area contributed by atoms with Gasteiger partial charge in [0.2, 0.25) is 11.8 Å². The highest BCUT2D eigenvalue weighted by molar-refractivity contribution is 5.90. The van der Waals surface area contributed by atoms with Gasteiger partial charge in [-0.05, 0) is 31.2 Å². The van der Waals surface area contributed by atoms with Gasteiger partial charge in [0.1, 0.15) is 0 Å². The lowest BCUT2D eigenvalue weighted by atomic mass is 10.2. The zero-order chi connectivity index (χ0) is 19.9. The number of aliphatic hydroxyl groups is 1. The predicted octanol–water partition coefficient (Wildman–Crippen LogP) is 3.78. The summed E-state index contributed by atoms with van der Waals surface area (Å²) in [5.41, 5.74) is 1.36. The zero-order valence-corrected chi connectivity index (χ0v) is 14.8. The molecule has 0 aliphatic rings. The predicted molar refractivity (Wildman–Crippen MR) is 99.3 cm³/mol. The van der Waals surface area contributed by atoms with Crippen LogP contribution >= 0.6 is 0 Å². The Kier molecular flexibility index (Phi) is 4.38. The van der Waals surface area contributed by atoms with E-state index in [-0.39, 0.29) is 17.9 Å². The smallest absolute Gasteiger partial charge is 0.392 e. The molecule has 0 radical (unpaired) electrons. The van der Waals surface area contributed by atoms with Gasteiger partial charge in [-0.15, -0.1) is 0 Å². The maximum atomic E-state index is 13.4. The normalized spacial score (nSPS) is 13.2. The Morgan fingerprint density at radius 3 is 2.39 bits per heavy atom. The number of rotatable bonds is 4. The summed E-state index contributed by atoms with van der Waals surface area (Å²) < 4.78 is 41.7. The molecular formula is C19H16F3N5O. The first kappa shape index (κ1) is 18.2. The molecule has 0 unspecified atom stereocenters. The van der Waals surface area contributed by atoms with Crippen LogP contribution in [0, 0.1) is 0 Å². The van der Waals surface area contributed by atoms with Crippen molar-refractivity contribution in [2.75, 3.05) is 11.9 Å². The van der Waals surface area contributed by atoms with Crippen molar-refractivity contribution in [3.8, 4) is 5.82 Å². The van der Waals surface area contributed by atoms with Gasteiger partial charge in [-0.1, -0.05) is 24.3 Å². The van der Waals surface area contributed by atoms with Crippen molar-refractivity contribution in [3.05, 3.63) is 54.4 Å². The van der Waals surface area contributed by atoms with E-state index < -0.39 is 18.1 Å². The molecule has 2 N–H and O–H groups in total. The molecule has 0 aliphatic carbocycles. The minimum atomic E-state index is -4.69. The molecule has 2 aromatic carbocycles. The Morgan fingerprint density at radius 1 is 1.00 bits per heavy atom. The average Bonchev–Trinajstić information content (AvgIpc) is 3.03. The highest BCUT2D eigenvalue weighted by atomic mass is 19.4. The van der Waals surface area contributed by atoms with Crippen molar-refractivity contribution in [1.29, 1.82) is 0 Å². The summed E-state index contributed by atoms with van der Waals surface area (Å²) in [5, 5.41) is 13.0. The number of hydrogen-bond acceptors (Lipinski definition) is 5. The summed E-state index contributed by atoms with van der Waals surface area (Å²) in [6.45, 7) is 1.78. The summed E-state index contributed by atoms with van der Waals surface area (Å²) >= 11 is 0. The lowest BCUT2D eigenvalue weighted by Crippen LogP contribution is -2.19. The highest BCUT2D eigenvalue weighted by Gasteiger charge is 2.36. The third-order valence-corrected chi connectivity index (χ3v) is 4.16. The number of imidazole rings is 1. The van der Waals surface area contributed by atoms with E-state index in [4.69, 9.17) is 0 Å². The van der Waals surface area contributed by atoms with Gasteiger partial charge in [0.25, 0.3) is 0 Å². The van der Waals surface area contributed by atoms with E-state index in [1.54, 1.807) is 49.4 Å². The molecule has 4 rings (SSSR count). The first-order chi connectivity index (χ1) is 13.3. The first-order valence-corrected chi connectivity index (χ1v) is 8.58. The Balaban J connectivity index is 2.04. The second-order valence-electron chi connectivity index (χ2n) is 6.38. The van der Waals surface area contributed by atoms with Crippen molar-refractivity contribution in [2.45, 2.75) is 19.2 Å². The van der Waals surface area contributed by atoms with Crippen LogP contribution in [0.2, 0.25) is 0 Å². The molecule has 6 nitrogen and oxygen atoms in total. The Labute approximate surface area is 157 Å². The second-order valence-corrected chi connectivity index (χ2v) is 6.38. The molecule has 0 saturated heterocycles. The number of para-hydroxylation sites is 3. The number of aliphatic hydroxyl groups excluding tert-OH is 1. The van der Waals surface area contributed by atoms with Gasteiger partial charge in [0.15, 0.2) is 5.82 Å². The molecule has 4 aromatic rings. The van der Waals surface area contributed by atoms with Crippen molar-refractivity contribution in [1.82, 2.24) is 19.5 Å². The number of hydrogen-bond donors (Lipinski definition) is 2. The van der Waals surface area contributed by atoms with E-state index >= 15 is 0 Å². The van der Waals surface area contributed by atoms with Gasteiger partial charge in [-0.3, -0.25) is 4.57 Å². The van der Waals surface area contributed by atoms with E-state index in [1.807, 2.05) is 0 Å². The monoisotopic (exact) mass is 387 g/mol. The zero-order valence-electron chi connectivity index (χ0n) is 14.8. The van der Waals surface area contributed by atoms with Crippen LogP contribution in [0.5, 0.6) is 0 Å².